The van der Waals surface area contributed by atoms with Crippen LogP contribution < -0.4 is 0 Å². The summed E-state index contributed by atoms with van der Waals surface area (Å²) < 4.78 is 8.34. The SMILES string of the molecule is Cc1nc2ccccn2c1CN1CCC[C@@H](OCc2cccnc2)C1. The third-order valence-electron chi connectivity index (χ3n) is 4.87. The topological polar surface area (TPSA) is 42.7 Å². The molecule has 130 valence electrons. The quantitative estimate of drug-likeness (QED) is 0.717. The van der Waals surface area contributed by atoms with E-state index in [4.69, 9.17) is 4.74 Å². The molecule has 0 aromatic carbocycles. The molecule has 0 bridgehead atoms. The van der Waals surface area contributed by atoms with E-state index in [9.17, 15) is 0 Å². The first-order valence-electron chi connectivity index (χ1n) is 8.95. The van der Waals surface area contributed by atoms with Gasteiger partial charge < -0.3 is 9.14 Å². The minimum atomic E-state index is 0.286. The highest BCUT2D eigenvalue weighted by atomic mass is 16.5. The first-order valence-corrected chi connectivity index (χ1v) is 8.95. The molecule has 0 radical (unpaired) electrons. The molecule has 0 N–H and O–H groups in total. The van der Waals surface area contributed by atoms with Gasteiger partial charge in [-0.1, -0.05) is 12.1 Å². The number of likely N-dealkylation sites (tertiary alicyclic amines) is 1. The van der Waals surface area contributed by atoms with Crippen molar-refractivity contribution in [3.05, 3.63) is 65.9 Å². The number of imidazole rings is 1. The third kappa shape index (κ3) is 3.72. The molecule has 3 aromatic heterocycles. The molecule has 1 saturated heterocycles. The lowest BCUT2D eigenvalue weighted by molar-refractivity contribution is -0.0125. The molecule has 3 aromatic rings. The van der Waals surface area contributed by atoms with Crippen molar-refractivity contribution in [3.63, 3.8) is 0 Å². The lowest BCUT2D eigenvalue weighted by atomic mass is 10.1. The van der Waals surface area contributed by atoms with Crippen molar-refractivity contribution < 1.29 is 4.74 Å². The first kappa shape index (κ1) is 16.2. The van der Waals surface area contributed by atoms with Crippen LogP contribution in [-0.4, -0.2) is 38.5 Å². The molecule has 5 heteroatoms. The Morgan fingerprint density at radius 2 is 2.20 bits per heavy atom. The molecular formula is C20H24N4O. The number of nitrogens with zero attached hydrogens (tertiary/aromatic N) is 4. The second-order valence-corrected chi connectivity index (χ2v) is 6.74. The van der Waals surface area contributed by atoms with E-state index in [1.54, 1.807) is 6.20 Å². The van der Waals surface area contributed by atoms with Crippen LogP contribution in [0.3, 0.4) is 0 Å². The minimum Gasteiger partial charge on any atom is -0.372 e. The number of rotatable bonds is 5. The number of pyridine rings is 2. The van der Waals surface area contributed by atoms with Gasteiger partial charge in [-0.15, -0.1) is 0 Å². The Hall–Kier alpha value is -2.24. The highest BCUT2D eigenvalue weighted by Crippen LogP contribution is 2.19. The zero-order valence-corrected chi connectivity index (χ0v) is 14.6. The van der Waals surface area contributed by atoms with Gasteiger partial charge in [0.05, 0.1) is 24.1 Å². The number of hydrogen-bond acceptors (Lipinski definition) is 4. The summed E-state index contributed by atoms with van der Waals surface area (Å²) in [6.07, 6.45) is 8.36. The van der Waals surface area contributed by atoms with Gasteiger partial charge in [-0.25, -0.2) is 4.98 Å². The average molecular weight is 336 g/mol. The summed E-state index contributed by atoms with van der Waals surface area (Å²) in [5, 5.41) is 0. The Bertz CT molecular complexity index is 830. The molecule has 0 spiro atoms. The summed E-state index contributed by atoms with van der Waals surface area (Å²) in [7, 11) is 0. The van der Waals surface area contributed by atoms with Gasteiger partial charge in [0.1, 0.15) is 5.65 Å². The van der Waals surface area contributed by atoms with E-state index in [-0.39, 0.29) is 6.10 Å². The van der Waals surface area contributed by atoms with Gasteiger partial charge in [0.2, 0.25) is 0 Å². The minimum absolute atomic E-state index is 0.286. The van der Waals surface area contributed by atoms with Gasteiger partial charge in [0.15, 0.2) is 0 Å². The molecular weight excluding hydrogens is 312 g/mol. The standard InChI is InChI=1S/C20H24N4O/c1-16-19(24-11-3-2-8-20(24)22-16)14-23-10-5-7-18(13-23)25-15-17-6-4-9-21-12-17/h2-4,6,8-9,11-12,18H,5,7,10,13-15H2,1H3/t18-/m1/s1. The Morgan fingerprint density at radius 3 is 3.08 bits per heavy atom. The van der Waals surface area contributed by atoms with E-state index in [0.29, 0.717) is 6.61 Å². The molecule has 0 saturated carbocycles. The normalized spacial score (nSPS) is 18.7. The third-order valence-corrected chi connectivity index (χ3v) is 4.87. The summed E-state index contributed by atoms with van der Waals surface area (Å²) in [6, 6.07) is 10.2. The largest absolute Gasteiger partial charge is 0.372 e. The highest BCUT2D eigenvalue weighted by molar-refractivity contribution is 5.42. The van der Waals surface area contributed by atoms with Gasteiger partial charge in [0, 0.05) is 31.7 Å². The van der Waals surface area contributed by atoms with Gasteiger partial charge in [0.25, 0.3) is 0 Å². The first-order chi connectivity index (χ1) is 12.3. The van der Waals surface area contributed by atoms with Crippen LogP contribution in [-0.2, 0) is 17.9 Å². The van der Waals surface area contributed by atoms with Gasteiger partial charge in [-0.2, -0.15) is 0 Å². The molecule has 4 heterocycles. The van der Waals surface area contributed by atoms with Crippen molar-refractivity contribution in [2.75, 3.05) is 13.1 Å². The van der Waals surface area contributed by atoms with Crippen LogP contribution in [0.2, 0.25) is 0 Å². The maximum absolute atomic E-state index is 6.13. The van der Waals surface area contributed by atoms with E-state index in [1.165, 1.54) is 12.1 Å². The summed E-state index contributed by atoms with van der Waals surface area (Å²) in [5.41, 5.74) is 4.56. The number of piperidine rings is 1. The second kappa shape index (κ2) is 7.33. The van der Waals surface area contributed by atoms with Crippen LogP contribution in [0.4, 0.5) is 0 Å². The zero-order chi connectivity index (χ0) is 17.1. The van der Waals surface area contributed by atoms with Crippen molar-refractivity contribution in [2.45, 2.75) is 39.0 Å². The Balaban J connectivity index is 1.40. The molecule has 4 rings (SSSR count). The van der Waals surface area contributed by atoms with Gasteiger partial charge in [-0.3, -0.25) is 9.88 Å². The molecule has 0 unspecified atom stereocenters. The number of hydrogen-bond donors (Lipinski definition) is 0. The molecule has 1 fully saturated rings. The maximum Gasteiger partial charge on any atom is 0.137 e. The van der Waals surface area contributed by atoms with E-state index in [2.05, 4.69) is 50.6 Å². The number of fused-ring (bicyclic) bond motifs is 1. The molecule has 1 aliphatic rings. The Morgan fingerprint density at radius 1 is 1.24 bits per heavy atom. The Kier molecular flexibility index (Phi) is 4.76. The molecule has 0 amide bonds. The molecule has 25 heavy (non-hydrogen) atoms. The maximum atomic E-state index is 6.13. The Labute approximate surface area is 148 Å². The van der Waals surface area contributed by atoms with E-state index >= 15 is 0 Å². The number of ether oxygens (including phenoxy) is 1. The van der Waals surface area contributed by atoms with Gasteiger partial charge >= 0.3 is 0 Å². The van der Waals surface area contributed by atoms with Crippen LogP contribution in [0, 0.1) is 6.92 Å². The molecule has 1 aliphatic heterocycles. The van der Waals surface area contributed by atoms with Crippen molar-refractivity contribution in [1.82, 2.24) is 19.3 Å². The number of aromatic nitrogens is 3. The smallest absolute Gasteiger partial charge is 0.137 e. The van der Waals surface area contributed by atoms with Crippen LogP contribution >= 0.6 is 0 Å². The summed E-state index contributed by atoms with van der Waals surface area (Å²) in [6.45, 7) is 5.75. The van der Waals surface area contributed by atoms with Crippen molar-refractivity contribution in [1.29, 1.82) is 0 Å². The van der Waals surface area contributed by atoms with E-state index in [0.717, 1.165) is 43.0 Å². The van der Waals surface area contributed by atoms with Gasteiger partial charge in [-0.05, 0) is 50.1 Å². The summed E-state index contributed by atoms with van der Waals surface area (Å²) in [5.74, 6) is 0. The monoisotopic (exact) mass is 336 g/mol. The average Bonchev–Trinajstić information content (AvgIpc) is 2.97. The molecule has 1 atom stereocenters. The van der Waals surface area contributed by atoms with E-state index in [1.807, 2.05) is 18.3 Å². The van der Waals surface area contributed by atoms with Crippen LogP contribution in [0.15, 0.2) is 48.9 Å². The van der Waals surface area contributed by atoms with Crippen LogP contribution in [0.25, 0.3) is 5.65 Å². The fraction of sp³-hybridized carbons (Fsp3) is 0.400. The second-order valence-electron chi connectivity index (χ2n) is 6.74. The number of aryl methyl sites for hydroxylation is 1. The zero-order valence-electron chi connectivity index (χ0n) is 14.6. The summed E-state index contributed by atoms with van der Waals surface area (Å²) >= 11 is 0. The fourth-order valence-corrected chi connectivity index (χ4v) is 3.56. The molecule has 0 aliphatic carbocycles. The van der Waals surface area contributed by atoms with Crippen molar-refractivity contribution in [3.8, 4) is 0 Å². The lowest BCUT2D eigenvalue weighted by Gasteiger charge is -2.32. The highest BCUT2D eigenvalue weighted by Gasteiger charge is 2.22. The lowest BCUT2D eigenvalue weighted by Crippen LogP contribution is -2.39. The fourth-order valence-electron chi connectivity index (χ4n) is 3.56. The van der Waals surface area contributed by atoms with E-state index < -0.39 is 0 Å². The van der Waals surface area contributed by atoms with Crippen molar-refractivity contribution >= 4 is 5.65 Å². The van der Waals surface area contributed by atoms with Crippen LogP contribution in [0.5, 0.6) is 0 Å². The predicted octanol–water partition coefficient (Wildman–Crippen LogP) is 3.22. The predicted molar refractivity (Wildman–Crippen MR) is 97.3 cm³/mol. The van der Waals surface area contributed by atoms with Crippen LogP contribution in [0.1, 0.15) is 29.8 Å². The summed E-state index contributed by atoms with van der Waals surface area (Å²) in [4.78, 5) is 11.3. The van der Waals surface area contributed by atoms with Crippen molar-refractivity contribution in [2.24, 2.45) is 0 Å². The molecule has 5 nitrogen and oxygen atoms in total.